The minimum atomic E-state index is -1.85. The van der Waals surface area contributed by atoms with Crippen molar-refractivity contribution < 1.29 is 89.4 Å². The molecule has 0 aromatic heterocycles. The van der Waals surface area contributed by atoms with E-state index in [9.17, 15) is 61.0 Å². The number of hydrogen-bond acceptors (Lipinski definition) is 18. The van der Waals surface area contributed by atoms with Gasteiger partial charge < -0.3 is 84.6 Å². The van der Waals surface area contributed by atoms with E-state index in [4.69, 9.17) is 28.4 Å². The Labute approximate surface area is 387 Å². The zero-order valence-corrected chi connectivity index (χ0v) is 39.5. The van der Waals surface area contributed by atoms with Gasteiger partial charge >= 0.3 is 5.97 Å². The van der Waals surface area contributed by atoms with Crippen LogP contribution in [0.4, 0.5) is 0 Å². The Bertz CT molecular complexity index is 1790. The van der Waals surface area contributed by atoms with Crippen LogP contribution in [0.15, 0.2) is 11.6 Å². The van der Waals surface area contributed by atoms with E-state index in [0.717, 1.165) is 38.5 Å². The maximum absolute atomic E-state index is 15.0. The molecule has 8 aliphatic rings. The van der Waals surface area contributed by atoms with E-state index in [1.54, 1.807) is 0 Å². The molecule has 8 rings (SSSR count). The van der Waals surface area contributed by atoms with Crippen molar-refractivity contribution in [3.63, 3.8) is 0 Å². The third-order valence-electron chi connectivity index (χ3n) is 19.8. The Kier molecular flexibility index (Phi) is 14.1. The smallest absolute Gasteiger partial charge is 0.315 e. The van der Waals surface area contributed by atoms with Crippen LogP contribution in [0.1, 0.15) is 106 Å². The number of aliphatic hydroxyl groups is 11. The van der Waals surface area contributed by atoms with Gasteiger partial charge in [-0.05, 0) is 111 Å². The third kappa shape index (κ3) is 7.69. The number of esters is 1. The van der Waals surface area contributed by atoms with E-state index in [1.165, 1.54) is 12.5 Å². The predicted octanol–water partition coefficient (Wildman–Crippen LogP) is -0.00360. The molecule has 11 N–H and O–H groups in total. The van der Waals surface area contributed by atoms with Crippen molar-refractivity contribution >= 4 is 5.97 Å². The summed E-state index contributed by atoms with van der Waals surface area (Å²) in [5.74, 6) is 0.137. The van der Waals surface area contributed by atoms with Crippen LogP contribution in [0.5, 0.6) is 0 Å². The fourth-order valence-electron chi connectivity index (χ4n) is 15.1. The van der Waals surface area contributed by atoms with Gasteiger partial charge in [0.15, 0.2) is 12.6 Å². The zero-order chi connectivity index (χ0) is 48.2. The van der Waals surface area contributed by atoms with E-state index in [0.29, 0.717) is 31.1 Å². The van der Waals surface area contributed by atoms with Crippen LogP contribution < -0.4 is 0 Å². The van der Waals surface area contributed by atoms with Gasteiger partial charge in [-0.3, -0.25) is 4.79 Å². The van der Waals surface area contributed by atoms with Crippen LogP contribution in [0.3, 0.4) is 0 Å². The fraction of sp³-hybridized carbons (Fsp3) is 0.938. The number of ether oxygens (including phenoxy) is 6. The van der Waals surface area contributed by atoms with E-state index in [1.807, 2.05) is 6.92 Å². The molecule has 66 heavy (non-hydrogen) atoms. The summed E-state index contributed by atoms with van der Waals surface area (Å²) < 4.78 is 34.8. The number of carbonyl (C=O) groups is 1. The van der Waals surface area contributed by atoms with Crippen molar-refractivity contribution in [2.75, 3.05) is 19.8 Å². The van der Waals surface area contributed by atoms with Gasteiger partial charge in [0.2, 0.25) is 6.29 Å². The van der Waals surface area contributed by atoms with Gasteiger partial charge in [-0.15, -0.1) is 0 Å². The standard InChI is InChI=1S/C48H78O18/c1-21-10-15-48(17-16-46(6)24(30(48)22(21)2)8-9-28-44(4)13-12-29(51)45(5,20-50)27(44)11-14-47(28,46)7)43(60)66-42-37(58)34(55)32(53)26(64-42)19-61-40-38(59)35(56)39(25(18-49)63-40)65-41-36(57)33(54)31(52)23(3)62-41/h8,21-23,25-42,49-59H,9-20H2,1-7H3/t21-,22+,23+,25-,26-,27-,28-,29+,30+,31+,32-,33-,34+,35-,36-,37-,38-,39-,40-,41+,42+,44+,45+,46-,47-,48+/m1/s1. The number of rotatable bonds is 9. The molecule has 0 amide bonds. The molecule has 18 nitrogen and oxygen atoms in total. The van der Waals surface area contributed by atoms with Crippen LogP contribution in [0.2, 0.25) is 0 Å². The maximum Gasteiger partial charge on any atom is 0.315 e. The molecule has 0 aromatic rings. The summed E-state index contributed by atoms with van der Waals surface area (Å²) >= 11 is 0. The first-order valence-electron chi connectivity index (χ1n) is 24.4. The molecule has 5 aliphatic carbocycles. The van der Waals surface area contributed by atoms with E-state index in [-0.39, 0.29) is 40.6 Å². The fourth-order valence-corrected chi connectivity index (χ4v) is 15.1. The molecule has 3 saturated heterocycles. The molecular weight excluding hydrogens is 865 g/mol. The number of fused-ring (bicyclic) bond motifs is 7. The topological polar surface area (TPSA) is 295 Å². The highest BCUT2D eigenvalue weighted by molar-refractivity contribution is 5.79. The van der Waals surface area contributed by atoms with Gasteiger partial charge in [-0.2, -0.15) is 0 Å². The Morgan fingerprint density at radius 1 is 0.682 bits per heavy atom. The van der Waals surface area contributed by atoms with Crippen molar-refractivity contribution in [3.05, 3.63) is 11.6 Å². The second-order valence-electron chi connectivity index (χ2n) is 22.8. The largest absolute Gasteiger partial charge is 0.432 e. The minimum Gasteiger partial charge on any atom is -0.432 e. The van der Waals surface area contributed by atoms with Crippen LogP contribution in [0, 0.1) is 56.7 Å². The van der Waals surface area contributed by atoms with Gasteiger partial charge in [0.25, 0.3) is 0 Å². The minimum absolute atomic E-state index is 0.0596. The molecule has 378 valence electrons. The van der Waals surface area contributed by atoms with E-state index >= 15 is 0 Å². The molecule has 3 aliphatic heterocycles. The molecule has 4 saturated carbocycles. The lowest BCUT2D eigenvalue weighted by molar-refractivity contribution is -0.361. The van der Waals surface area contributed by atoms with Crippen LogP contribution in [-0.2, 0) is 33.2 Å². The van der Waals surface area contributed by atoms with Crippen molar-refractivity contribution in [1.29, 1.82) is 0 Å². The summed E-state index contributed by atoms with van der Waals surface area (Å²) in [6.07, 6.45) is -15.6. The number of allylic oxidation sites excluding steroid dienone is 2. The highest BCUT2D eigenvalue weighted by Crippen LogP contribution is 2.76. The summed E-state index contributed by atoms with van der Waals surface area (Å²) in [5.41, 5.74) is -0.753. The van der Waals surface area contributed by atoms with Gasteiger partial charge in [-0.25, -0.2) is 0 Å². The average molecular weight is 943 g/mol. The molecule has 0 radical (unpaired) electrons. The molecule has 26 atom stereocenters. The van der Waals surface area contributed by atoms with Crippen LogP contribution in [0.25, 0.3) is 0 Å². The number of hydrogen-bond donors (Lipinski definition) is 11. The zero-order valence-electron chi connectivity index (χ0n) is 39.5. The van der Waals surface area contributed by atoms with Crippen LogP contribution >= 0.6 is 0 Å². The Balaban J connectivity index is 0.979. The first-order chi connectivity index (χ1) is 30.9. The maximum atomic E-state index is 15.0. The summed E-state index contributed by atoms with van der Waals surface area (Å²) in [7, 11) is 0. The lowest BCUT2D eigenvalue weighted by Gasteiger charge is -2.71. The Morgan fingerprint density at radius 2 is 1.33 bits per heavy atom. The predicted molar refractivity (Wildman–Crippen MR) is 230 cm³/mol. The second kappa shape index (κ2) is 18.3. The SMILES string of the molecule is C[C@H]1[C@H](C)CC[C@]2(C(=O)O[C@@H]3O[C@H](CO[C@@H]4O[C@H](CO)[C@@H](O[C@@H]5O[C@@H](C)[C@H](O)[C@@H](O)[C@H]5O)[C@H](O)[C@H]4O)[C@@H](O)[C@H](O)[C@H]3O)CC[C@]3(C)C(=CC[C@@H]4[C@@]5(C)CC[C@H](O)[C@@](C)(CO)[C@@H]5CC[C@]43C)[C@H]12. The summed E-state index contributed by atoms with van der Waals surface area (Å²) in [4.78, 5) is 15.0. The highest BCUT2D eigenvalue weighted by Gasteiger charge is 2.70. The highest BCUT2D eigenvalue weighted by atomic mass is 16.8. The lowest BCUT2D eigenvalue weighted by atomic mass is 9.33. The molecule has 7 fully saturated rings. The Morgan fingerprint density at radius 3 is 2.02 bits per heavy atom. The molecule has 0 spiro atoms. The summed E-state index contributed by atoms with van der Waals surface area (Å²) in [5, 5.41) is 118. The van der Waals surface area contributed by atoms with Crippen molar-refractivity contribution in [2.45, 2.75) is 204 Å². The van der Waals surface area contributed by atoms with E-state index in [2.05, 4.69) is 40.7 Å². The molecule has 0 unspecified atom stereocenters. The monoisotopic (exact) mass is 943 g/mol. The summed E-state index contributed by atoms with van der Waals surface area (Å²) in [6, 6.07) is 0. The molecule has 3 heterocycles. The normalized spacial score (nSPS) is 56.2. The quantitative estimate of drug-likeness (QED) is 0.107. The first kappa shape index (κ1) is 50.9. The van der Waals surface area contributed by atoms with Crippen molar-refractivity contribution in [3.8, 4) is 0 Å². The van der Waals surface area contributed by atoms with Gasteiger partial charge in [0.1, 0.15) is 67.1 Å². The van der Waals surface area contributed by atoms with Crippen LogP contribution in [-0.4, -0.2) is 180 Å². The molecule has 0 bridgehead atoms. The lowest BCUT2D eigenvalue weighted by Crippen LogP contribution is -2.66. The molecule has 0 aromatic carbocycles. The van der Waals surface area contributed by atoms with Crippen molar-refractivity contribution in [2.24, 2.45) is 56.7 Å². The molecule has 18 heteroatoms. The average Bonchev–Trinajstić information content (AvgIpc) is 3.29. The first-order valence-corrected chi connectivity index (χ1v) is 24.4. The second-order valence-corrected chi connectivity index (χ2v) is 22.8. The van der Waals surface area contributed by atoms with E-state index < -0.39 is 128 Å². The van der Waals surface area contributed by atoms with Crippen molar-refractivity contribution in [1.82, 2.24) is 0 Å². The van der Waals surface area contributed by atoms with Gasteiger partial charge in [0.05, 0.1) is 37.4 Å². The Hall–Kier alpha value is -1.43. The summed E-state index contributed by atoms with van der Waals surface area (Å²) in [6.45, 7) is 13.7. The number of carbonyl (C=O) groups excluding carboxylic acids is 1. The molecular formula is C48H78O18. The van der Waals surface area contributed by atoms with Gasteiger partial charge in [-0.1, -0.05) is 53.2 Å². The third-order valence-corrected chi connectivity index (χ3v) is 19.8. The van der Waals surface area contributed by atoms with Gasteiger partial charge in [0, 0.05) is 5.41 Å². The number of aliphatic hydroxyl groups excluding tert-OH is 11.